The van der Waals surface area contributed by atoms with Crippen molar-refractivity contribution in [3.05, 3.63) is 53.1 Å². The third-order valence-corrected chi connectivity index (χ3v) is 9.20. The Balaban J connectivity index is 1.23. The first kappa shape index (κ1) is 23.6. The molecule has 4 atom stereocenters. The van der Waals surface area contributed by atoms with Gasteiger partial charge in [-0.15, -0.1) is 0 Å². The highest BCUT2D eigenvalue weighted by molar-refractivity contribution is 8.04. The van der Waals surface area contributed by atoms with Gasteiger partial charge in [-0.25, -0.2) is 4.79 Å². The number of urea groups is 1. The van der Waals surface area contributed by atoms with E-state index in [0.717, 1.165) is 50.4 Å². The fraction of sp³-hybridized carbons (Fsp3) is 0.500. The molecule has 0 radical (unpaired) electrons. The van der Waals surface area contributed by atoms with E-state index in [2.05, 4.69) is 34.7 Å². The SMILES string of the molecule is C=CC(=O)N1CCC[C@@H](NC(=O)C2=C3NC(=O)N(c4cccc(C5COC5)c4)C4CCNC(S2)C34)C1. The molecule has 10 heteroatoms. The Bertz CT molecular complexity index is 1140. The predicted molar refractivity (Wildman–Crippen MR) is 137 cm³/mol. The number of likely N-dealkylation sites (tertiary alicyclic amines) is 1. The zero-order chi connectivity index (χ0) is 24.8. The largest absolute Gasteiger partial charge is 0.380 e. The summed E-state index contributed by atoms with van der Waals surface area (Å²) < 4.78 is 5.36. The van der Waals surface area contributed by atoms with Crippen molar-refractivity contribution in [2.75, 3.05) is 37.7 Å². The molecule has 36 heavy (non-hydrogen) atoms. The molecule has 6 rings (SSSR count). The molecule has 3 unspecified atom stereocenters. The van der Waals surface area contributed by atoms with Gasteiger partial charge in [0.05, 0.1) is 29.5 Å². The van der Waals surface area contributed by atoms with Gasteiger partial charge in [-0.3, -0.25) is 14.5 Å². The Morgan fingerprint density at radius 1 is 1.25 bits per heavy atom. The number of nitrogens with zero attached hydrogens (tertiary/aromatic N) is 2. The third kappa shape index (κ3) is 4.10. The van der Waals surface area contributed by atoms with E-state index in [4.69, 9.17) is 4.74 Å². The number of thioether (sulfide) groups is 1. The van der Waals surface area contributed by atoms with Crippen LogP contribution in [0, 0.1) is 5.92 Å². The van der Waals surface area contributed by atoms with Crippen molar-refractivity contribution in [1.82, 2.24) is 20.9 Å². The standard InChI is InChI=1S/C26H31N5O4S/c1-2-20(32)30-10-4-6-17(12-30)28-24(33)23-22-21-19(8-9-27-25(21)36-23)31(26(34)29-22)18-7-3-5-15(11-18)16-13-35-14-16/h2-3,5,7,11,16-17,19,21,25,27H,1,4,6,8-10,12-14H2,(H,28,33)(H,29,34)/t17-,19?,21?,25?/m1/s1. The average Bonchev–Trinajstić information content (AvgIpc) is 3.22. The van der Waals surface area contributed by atoms with Gasteiger partial charge in [0, 0.05) is 42.4 Å². The summed E-state index contributed by atoms with van der Waals surface area (Å²) in [7, 11) is 0. The lowest BCUT2D eigenvalue weighted by Gasteiger charge is -2.46. The van der Waals surface area contributed by atoms with Gasteiger partial charge in [0.15, 0.2) is 0 Å². The number of benzene rings is 1. The van der Waals surface area contributed by atoms with Crippen molar-refractivity contribution in [3.63, 3.8) is 0 Å². The summed E-state index contributed by atoms with van der Waals surface area (Å²) in [5.74, 6) is 0.0911. The van der Waals surface area contributed by atoms with E-state index in [1.54, 1.807) is 4.90 Å². The van der Waals surface area contributed by atoms with Crippen LogP contribution in [0.2, 0.25) is 0 Å². The number of hydrogen-bond acceptors (Lipinski definition) is 6. The van der Waals surface area contributed by atoms with Crippen LogP contribution >= 0.6 is 11.8 Å². The molecule has 0 spiro atoms. The third-order valence-electron chi connectivity index (χ3n) is 7.85. The van der Waals surface area contributed by atoms with Crippen LogP contribution in [-0.2, 0) is 14.3 Å². The second-order valence-electron chi connectivity index (χ2n) is 10.0. The van der Waals surface area contributed by atoms with Crippen LogP contribution in [-0.4, -0.2) is 73.1 Å². The highest BCUT2D eigenvalue weighted by Crippen LogP contribution is 2.48. The number of nitrogens with one attached hydrogen (secondary N) is 3. The zero-order valence-electron chi connectivity index (χ0n) is 20.1. The maximum absolute atomic E-state index is 13.5. The minimum atomic E-state index is -0.192. The summed E-state index contributed by atoms with van der Waals surface area (Å²) in [6.07, 6.45) is 3.77. The Kier molecular flexibility index (Phi) is 6.27. The van der Waals surface area contributed by atoms with Gasteiger partial charge >= 0.3 is 6.03 Å². The molecule has 0 bridgehead atoms. The molecule has 4 amide bonds. The van der Waals surface area contributed by atoms with Gasteiger partial charge in [-0.2, -0.15) is 0 Å². The van der Waals surface area contributed by atoms with Gasteiger partial charge in [-0.05, 0) is 49.6 Å². The molecule has 190 valence electrons. The maximum Gasteiger partial charge on any atom is 0.326 e. The van der Waals surface area contributed by atoms with Crippen LogP contribution in [0.4, 0.5) is 10.5 Å². The Morgan fingerprint density at radius 3 is 2.89 bits per heavy atom. The van der Waals surface area contributed by atoms with Crippen molar-refractivity contribution in [1.29, 1.82) is 0 Å². The predicted octanol–water partition coefficient (Wildman–Crippen LogP) is 1.89. The number of hydrogen-bond donors (Lipinski definition) is 3. The monoisotopic (exact) mass is 509 g/mol. The lowest BCUT2D eigenvalue weighted by atomic mass is 9.86. The topological polar surface area (TPSA) is 103 Å². The second-order valence-corrected chi connectivity index (χ2v) is 11.2. The van der Waals surface area contributed by atoms with E-state index < -0.39 is 0 Å². The number of carbonyl (C=O) groups excluding carboxylic acids is 3. The van der Waals surface area contributed by atoms with Crippen LogP contribution in [0.5, 0.6) is 0 Å². The number of anilines is 1. The summed E-state index contributed by atoms with van der Waals surface area (Å²) in [6.45, 7) is 6.94. The molecular formula is C26H31N5O4S. The van der Waals surface area contributed by atoms with Crippen molar-refractivity contribution >= 4 is 35.3 Å². The van der Waals surface area contributed by atoms with Gasteiger partial charge < -0.3 is 25.6 Å². The number of ether oxygens (including phenoxy) is 1. The van der Waals surface area contributed by atoms with Crippen LogP contribution < -0.4 is 20.9 Å². The van der Waals surface area contributed by atoms with E-state index in [0.29, 0.717) is 23.9 Å². The van der Waals surface area contributed by atoms with E-state index in [9.17, 15) is 14.4 Å². The van der Waals surface area contributed by atoms with Crippen molar-refractivity contribution in [2.45, 2.75) is 42.6 Å². The van der Waals surface area contributed by atoms with Crippen molar-refractivity contribution < 1.29 is 19.1 Å². The van der Waals surface area contributed by atoms with Gasteiger partial charge in [0.1, 0.15) is 0 Å². The van der Waals surface area contributed by atoms with E-state index >= 15 is 0 Å². The lowest BCUT2D eigenvalue weighted by Crippen LogP contribution is -2.62. The molecule has 0 aromatic heterocycles. The normalized spacial score (nSPS) is 29.8. The minimum absolute atomic E-state index is 0.00286. The molecule has 4 saturated heterocycles. The van der Waals surface area contributed by atoms with Gasteiger partial charge in [-0.1, -0.05) is 30.5 Å². The maximum atomic E-state index is 13.5. The number of piperidine rings is 2. The van der Waals surface area contributed by atoms with Crippen molar-refractivity contribution in [3.8, 4) is 0 Å². The number of carbonyl (C=O) groups is 3. The Hall–Kier alpha value is -2.82. The van der Waals surface area contributed by atoms with Crippen molar-refractivity contribution in [2.24, 2.45) is 5.92 Å². The molecule has 5 aliphatic heterocycles. The Labute approximate surface area is 214 Å². The molecule has 3 N–H and O–H groups in total. The molecule has 1 aromatic rings. The summed E-state index contributed by atoms with van der Waals surface area (Å²) in [5, 5.41) is 9.77. The number of rotatable bonds is 5. The molecule has 4 fully saturated rings. The number of amides is 4. The second kappa shape index (κ2) is 9.57. The van der Waals surface area contributed by atoms with E-state index in [1.807, 2.05) is 17.0 Å². The molecule has 9 nitrogen and oxygen atoms in total. The summed E-state index contributed by atoms with van der Waals surface area (Å²) >= 11 is 1.50. The Morgan fingerprint density at radius 2 is 2.11 bits per heavy atom. The van der Waals surface area contributed by atoms with Crippen LogP contribution in [0.25, 0.3) is 0 Å². The summed E-state index contributed by atoms with van der Waals surface area (Å²) in [4.78, 5) is 43.1. The molecular weight excluding hydrogens is 478 g/mol. The fourth-order valence-corrected chi connectivity index (χ4v) is 7.35. The highest BCUT2D eigenvalue weighted by atomic mass is 32.2. The van der Waals surface area contributed by atoms with Crippen LogP contribution in [0.15, 0.2) is 47.5 Å². The first-order valence-electron chi connectivity index (χ1n) is 12.7. The average molecular weight is 510 g/mol. The van der Waals surface area contributed by atoms with Gasteiger partial charge in [0.25, 0.3) is 5.91 Å². The highest BCUT2D eigenvalue weighted by Gasteiger charge is 2.51. The van der Waals surface area contributed by atoms with E-state index in [-0.39, 0.29) is 41.2 Å². The minimum Gasteiger partial charge on any atom is -0.380 e. The molecule has 5 aliphatic rings. The fourth-order valence-electron chi connectivity index (χ4n) is 5.95. The van der Waals surface area contributed by atoms with Crippen LogP contribution in [0.1, 0.15) is 30.7 Å². The molecule has 0 aliphatic carbocycles. The van der Waals surface area contributed by atoms with Crippen LogP contribution in [0.3, 0.4) is 0 Å². The molecule has 1 aromatic carbocycles. The smallest absolute Gasteiger partial charge is 0.326 e. The quantitative estimate of drug-likeness (QED) is 0.524. The molecule has 5 heterocycles. The van der Waals surface area contributed by atoms with Gasteiger partial charge in [0.2, 0.25) is 5.91 Å². The molecule has 0 saturated carbocycles. The van der Waals surface area contributed by atoms with E-state index in [1.165, 1.54) is 23.4 Å². The lowest BCUT2D eigenvalue weighted by molar-refractivity contribution is -0.128. The summed E-state index contributed by atoms with van der Waals surface area (Å²) in [5.41, 5.74) is 2.80. The zero-order valence-corrected chi connectivity index (χ0v) is 20.9. The first-order valence-corrected chi connectivity index (χ1v) is 13.6. The summed E-state index contributed by atoms with van der Waals surface area (Å²) in [6, 6.07) is 7.86. The first-order chi connectivity index (χ1) is 17.5.